The maximum absolute atomic E-state index is 12.2. The Kier molecular flexibility index (Phi) is 5.35. The number of benzene rings is 2. The van der Waals surface area contributed by atoms with Crippen molar-refractivity contribution in [3.8, 4) is 5.75 Å². The molecule has 0 fully saturated rings. The zero-order valence-corrected chi connectivity index (χ0v) is 15.0. The van der Waals surface area contributed by atoms with Gasteiger partial charge in [0.25, 0.3) is 0 Å². The van der Waals surface area contributed by atoms with Crippen LogP contribution in [0.4, 0.5) is 0 Å². The lowest BCUT2D eigenvalue weighted by atomic mass is 10.1. The van der Waals surface area contributed by atoms with E-state index in [4.69, 9.17) is 13.9 Å². The SMILES string of the molecule is CCOc1ccc(C(=O)COC(=O)c2cc(=O)c3cc(C)ccc3o2)cc1. The first-order valence-corrected chi connectivity index (χ1v) is 8.45. The largest absolute Gasteiger partial charge is 0.494 e. The third-order valence-corrected chi connectivity index (χ3v) is 3.91. The second-order valence-electron chi connectivity index (χ2n) is 5.93. The second-order valence-corrected chi connectivity index (χ2v) is 5.93. The summed E-state index contributed by atoms with van der Waals surface area (Å²) in [5.74, 6) is -0.825. The smallest absolute Gasteiger partial charge is 0.374 e. The third kappa shape index (κ3) is 4.23. The molecule has 0 spiro atoms. The van der Waals surface area contributed by atoms with Crippen molar-refractivity contribution in [2.24, 2.45) is 0 Å². The van der Waals surface area contributed by atoms with E-state index in [1.165, 1.54) is 0 Å². The van der Waals surface area contributed by atoms with Crippen molar-refractivity contribution in [1.29, 1.82) is 0 Å². The molecular formula is C21H18O6. The number of Topliss-reactive ketones (excluding diaryl/α,β-unsaturated/α-hetero) is 1. The number of aryl methyl sites for hydroxylation is 1. The van der Waals surface area contributed by atoms with Gasteiger partial charge in [0, 0.05) is 11.6 Å². The summed E-state index contributed by atoms with van der Waals surface area (Å²) < 4.78 is 15.7. The monoisotopic (exact) mass is 366 g/mol. The summed E-state index contributed by atoms with van der Waals surface area (Å²) in [7, 11) is 0. The van der Waals surface area contributed by atoms with E-state index in [0.717, 1.165) is 11.6 Å². The van der Waals surface area contributed by atoms with Crippen molar-refractivity contribution < 1.29 is 23.5 Å². The average molecular weight is 366 g/mol. The molecule has 0 aliphatic carbocycles. The Labute approximate surface area is 155 Å². The lowest BCUT2D eigenvalue weighted by Crippen LogP contribution is -2.16. The van der Waals surface area contributed by atoms with Crippen LogP contribution < -0.4 is 10.2 Å². The molecule has 138 valence electrons. The van der Waals surface area contributed by atoms with E-state index < -0.39 is 12.6 Å². The maximum Gasteiger partial charge on any atom is 0.374 e. The van der Waals surface area contributed by atoms with Crippen LogP contribution >= 0.6 is 0 Å². The van der Waals surface area contributed by atoms with Gasteiger partial charge in [-0.05, 0) is 50.2 Å². The first-order chi connectivity index (χ1) is 13.0. The van der Waals surface area contributed by atoms with Crippen LogP contribution in [0.25, 0.3) is 11.0 Å². The molecule has 0 saturated carbocycles. The Morgan fingerprint density at radius 2 is 1.78 bits per heavy atom. The number of esters is 1. The lowest BCUT2D eigenvalue weighted by molar-refractivity contribution is 0.0444. The molecule has 0 amide bonds. The first kappa shape index (κ1) is 18.4. The third-order valence-electron chi connectivity index (χ3n) is 3.91. The molecule has 0 unspecified atom stereocenters. The quantitative estimate of drug-likeness (QED) is 0.490. The fourth-order valence-electron chi connectivity index (χ4n) is 2.56. The highest BCUT2D eigenvalue weighted by Gasteiger charge is 2.16. The van der Waals surface area contributed by atoms with Crippen LogP contribution in [0.3, 0.4) is 0 Å². The number of ketones is 1. The fourth-order valence-corrected chi connectivity index (χ4v) is 2.56. The molecule has 1 aromatic heterocycles. The molecule has 2 aromatic carbocycles. The summed E-state index contributed by atoms with van der Waals surface area (Å²) in [5.41, 5.74) is 1.25. The number of carbonyl (C=O) groups excluding carboxylic acids is 2. The van der Waals surface area contributed by atoms with Gasteiger partial charge in [-0.1, -0.05) is 11.6 Å². The molecule has 0 bridgehead atoms. The molecule has 1 heterocycles. The minimum atomic E-state index is -0.867. The van der Waals surface area contributed by atoms with Gasteiger partial charge in [0.1, 0.15) is 11.3 Å². The van der Waals surface area contributed by atoms with Crippen LogP contribution in [-0.2, 0) is 4.74 Å². The zero-order chi connectivity index (χ0) is 19.4. The van der Waals surface area contributed by atoms with Crippen molar-refractivity contribution in [3.63, 3.8) is 0 Å². The summed E-state index contributed by atoms with van der Waals surface area (Å²) in [5, 5.41) is 0.386. The predicted molar refractivity (Wildman–Crippen MR) is 99.4 cm³/mol. The topological polar surface area (TPSA) is 82.8 Å². The number of hydrogen-bond acceptors (Lipinski definition) is 6. The molecule has 0 aliphatic rings. The number of fused-ring (bicyclic) bond motifs is 1. The molecule has 6 nitrogen and oxygen atoms in total. The van der Waals surface area contributed by atoms with Gasteiger partial charge < -0.3 is 13.9 Å². The summed E-state index contributed by atoms with van der Waals surface area (Å²) in [6.07, 6.45) is 0. The summed E-state index contributed by atoms with van der Waals surface area (Å²) in [6.45, 7) is 3.79. The highest BCUT2D eigenvalue weighted by atomic mass is 16.5. The molecule has 0 N–H and O–H groups in total. The normalized spacial score (nSPS) is 10.6. The van der Waals surface area contributed by atoms with Gasteiger partial charge >= 0.3 is 5.97 Å². The van der Waals surface area contributed by atoms with E-state index in [1.807, 2.05) is 13.8 Å². The average Bonchev–Trinajstić information content (AvgIpc) is 2.67. The van der Waals surface area contributed by atoms with Gasteiger partial charge in [0.2, 0.25) is 5.76 Å². The summed E-state index contributed by atoms with van der Waals surface area (Å²) in [4.78, 5) is 36.5. The minimum Gasteiger partial charge on any atom is -0.494 e. The molecule has 3 rings (SSSR count). The number of carbonyl (C=O) groups is 2. The van der Waals surface area contributed by atoms with Crippen molar-refractivity contribution in [1.82, 2.24) is 0 Å². The summed E-state index contributed by atoms with van der Waals surface area (Å²) >= 11 is 0. The van der Waals surface area contributed by atoms with Crippen LogP contribution in [0.15, 0.2) is 57.7 Å². The Bertz CT molecular complexity index is 1050. The molecule has 0 saturated heterocycles. The van der Waals surface area contributed by atoms with Crippen molar-refractivity contribution in [3.05, 3.63) is 75.6 Å². The van der Waals surface area contributed by atoms with Crippen molar-refractivity contribution in [2.75, 3.05) is 13.2 Å². The van der Waals surface area contributed by atoms with E-state index in [0.29, 0.717) is 23.3 Å². The Balaban J connectivity index is 1.70. The standard InChI is InChI=1S/C21H18O6/c1-3-25-15-7-5-14(6-8-15)18(23)12-26-21(24)20-11-17(22)16-10-13(2)4-9-19(16)27-20/h4-11H,3,12H2,1-2H3. The molecule has 3 aromatic rings. The zero-order valence-electron chi connectivity index (χ0n) is 15.0. The highest BCUT2D eigenvalue weighted by molar-refractivity contribution is 5.99. The van der Waals surface area contributed by atoms with Gasteiger partial charge in [-0.15, -0.1) is 0 Å². The lowest BCUT2D eigenvalue weighted by Gasteiger charge is -2.06. The van der Waals surface area contributed by atoms with Crippen LogP contribution in [0, 0.1) is 6.92 Å². The Hall–Kier alpha value is -3.41. The molecular weight excluding hydrogens is 348 g/mol. The molecule has 6 heteroatoms. The van der Waals surface area contributed by atoms with Crippen LogP contribution in [0.2, 0.25) is 0 Å². The van der Waals surface area contributed by atoms with Crippen LogP contribution in [0.1, 0.15) is 33.4 Å². The van der Waals surface area contributed by atoms with E-state index >= 15 is 0 Å². The number of rotatable bonds is 6. The molecule has 27 heavy (non-hydrogen) atoms. The van der Waals surface area contributed by atoms with E-state index in [-0.39, 0.29) is 22.6 Å². The Morgan fingerprint density at radius 1 is 1.04 bits per heavy atom. The Morgan fingerprint density at radius 3 is 2.48 bits per heavy atom. The van der Waals surface area contributed by atoms with Crippen molar-refractivity contribution in [2.45, 2.75) is 13.8 Å². The van der Waals surface area contributed by atoms with Gasteiger partial charge in [-0.2, -0.15) is 0 Å². The fraction of sp³-hybridized carbons (Fsp3) is 0.190. The van der Waals surface area contributed by atoms with Gasteiger partial charge in [-0.3, -0.25) is 9.59 Å². The van der Waals surface area contributed by atoms with Crippen molar-refractivity contribution >= 4 is 22.7 Å². The molecule has 0 atom stereocenters. The predicted octanol–water partition coefficient (Wildman–Crippen LogP) is 3.54. The van der Waals surface area contributed by atoms with Gasteiger partial charge in [0.15, 0.2) is 17.8 Å². The van der Waals surface area contributed by atoms with E-state index in [2.05, 4.69) is 0 Å². The van der Waals surface area contributed by atoms with Gasteiger partial charge in [-0.25, -0.2) is 4.79 Å². The second kappa shape index (κ2) is 7.86. The van der Waals surface area contributed by atoms with Crippen LogP contribution in [-0.4, -0.2) is 25.0 Å². The number of ether oxygens (including phenoxy) is 2. The summed E-state index contributed by atoms with van der Waals surface area (Å²) in [6, 6.07) is 12.7. The maximum atomic E-state index is 12.2. The molecule has 0 aliphatic heterocycles. The number of hydrogen-bond donors (Lipinski definition) is 0. The van der Waals surface area contributed by atoms with E-state index in [9.17, 15) is 14.4 Å². The van der Waals surface area contributed by atoms with Gasteiger partial charge in [0.05, 0.1) is 12.0 Å². The van der Waals surface area contributed by atoms with E-state index in [1.54, 1.807) is 42.5 Å². The van der Waals surface area contributed by atoms with Crippen LogP contribution in [0.5, 0.6) is 5.75 Å². The molecule has 0 radical (unpaired) electrons. The highest BCUT2D eigenvalue weighted by Crippen LogP contribution is 2.15. The minimum absolute atomic E-state index is 0.240. The first-order valence-electron chi connectivity index (χ1n) is 8.45.